The molecule has 0 saturated carbocycles. The van der Waals surface area contributed by atoms with E-state index in [1.54, 1.807) is 0 Å². The number of hydrogen-bond donors (Lipinski definition) is 1. The van der Waals surface area contributed by atoms with E-state index in [0.717, 1.165) is 22.2 Å². The van der Waals surface area contributed by atoms with Gasteiger partial charge >= 0.3 is 0 Å². The van der Waals surface area contributed by atoms with E-state index < -0.39 is 0 Å². The molecule has 102 valence electrons. The van der Waals surface area contributed by atoms with Crippen LogP contribution in [0.5, 0.6) is 0 Å². The first kappa shape index (κ1) is 14.3. The molecule has 1 aromatic heterocycles. The smallest absolute Gasteiger partial charge is 0.130 e. The number of anilines is 1. The van der Waals surface area contributed by atoms with Gasteiger partial charge in [0, 0.05) is 22.5 Å². The fraction of sp³-hybridized carbons (Fsp3) is 0.438. The maximum absolute atomic E-state index is 4.84. The maximum Gasteiger partial charge on any atom is 0.130 e. The minimum Gasteiger partial charge on any atom is -0.373 e. The Morgan fingerprint density at radius 3 is 2.42 bits per heavy atom. The zero-order valence-corrected chi connectivity index (χ0v) is 13.9. The van der Waals surface area contributed by atoms with E-state index >= 15 is 0 Å². The Kier molecular flexibility index (Phi) is 3.86. The lowest BCUT2D eigenvalue weighted by atomic mass is 9.86. The number of halogens is 1. The number of rotatable bonds is 2. The van der Waals surface area contributed by atoms with Crippen molar-refractivity contribution in [2.75, 3.05) is 12.4 Å². The van der Waals surface area contributed by atoms with Gasteiger partial charge in [-0.15, -0.1) is 0 Å². The zero-order valence-electron chi connectivity index (χ0n) is 12.3. The predicted molar refractivity (Wildman–Crippen MR) is 87.1 cm³/mol. The highest BCUT2D eigenvalue weighted by Crippen LogP contribution is 2.33. The lowest BCUT2D eigenvalue weighted by Crippen LogP contribution is -2.15. The van der Waals surface area contributed by atoms with Gasteiger partial charge in [0.1, 0.15) is 5.82 Å². The van der Waals surface area contributed by atoms with E-state index in [0.29, 0.717) is 0 Å². The Balaban J connectivity index is 2.81. The summed E-state index contributed by atoms with van der Waals surface area (Å²) in [7, 11) is 1.94. The van der Waals surface area contributed by atoms with E-state index in [1.807, 2.05) is 7.05 Å². The van der Waals surface area contributed by atoms with E-state index in [4.69, 9.17) is 4.98 Å². The molecule has 1 heterocycles. The number of benzene rings is 1. The molecule has 0 aliphatic heterocycles. The van der Waals surface area contributed by atoms with Gasteiger partial charge < -0.3 is 5.32 Å². The minimum absolute atomic E-state index is 0.0776. The van der Waals surface area contributed by atoms with Gasteiger partial charge in [0.2, 0.25) is 0 Å². The highest BCUT2D eigenvalue weighted by molar-refractivity contribution is 9.10. The molecule has 0 aliphatic rings. The third-order valence-electron chi connectivity index (χ3n) is 3.39. The molecule has 0 saturated heterocycles. The summed E-state index contributed by atoms with van der Waals surface area (Å²) in [6.45, 7) is 8.82. The number of pyridine rings is 1. The van der Waals surface area contributed by atoms with Crippen molar-refractivity contribution in [3.63, 3.8) is 0 Å². The summed E-state index contributed by atoms with van der Waals surface area (Å²) in [5, 5.41) is 4.44. The predicted octanol–water partition coefficient (Wildman–Crippen LogP) is 4.90. The molecule has 1 aromatic carbocycles. The van der Waals surface area contributed by atoms with Crippen molar-refractivity contribution < 1.29 is 0 Å². The highest BCUT2D eigenvalue weighted by atomic mass is 79.9. The fourth-order valence-electron chi connectivity index (χ4n) is 2.35. The van der Waals surface area contributed by atoms with E-state index in [2.05, 4.69) is 67.1 Å². The maximum atomic E-state index is 4.84. The van der Waals surface area contributed by atoms with Crippen LogP contribution in [0.3, 0.4) is 0 Å². The number of hydrogen-bond acceptors (Lipinski definition) is 2. The SMILES string of the molecule is CCc1cc(Br)cc2cc(C(C)(C)C)c(NC)nc12. The molecule has 1 N–H and O–H groups in total. The summed E-state index contributed by atoms with van der Waals surface area (Å²) in [4.78, 5) is 4.84. The molecular weight excluding hydrogens is 300 g/mol. The first-order valence-electron chi connectivity index (χ1n) is 6.68. The number of aromatic nitrogens is 1. The molecule has 19 heavy (non-hydrogen) atoms. The number of nitrogens with one attached hydrogen (secondary N) is 1. The Bertz CT molecular complexity index is 612. The van der Waals surface area contributed by atoms with Crippen LogP contribution in [0.15, 0.2) is 22.7 Å². The fourth-order valence-corrected chi connectivity index (χ4v) is 2.88. The third-order valence-corrected chi connectivity index (χ3v) is 3.85. The monoisotopic (exact) mass is 320 g/mol. The van der Waals surface area contributed by atoms with Crippen molar-refractivity contribution in [1.29, 1.82) is 0 Å². The highest BCUT2D eigenvalue weighted by Gasteiger charge is 2.20. The van der Waals surface area contributed by atoms with Crippen molar-refractivity contribution in [3.05, 3.63) is 33.8 Å². The van der Waals surface area contributed by atoms with Crippen LogP contribution >= 0.6 is 15.9 Å². The molecule has 0 radical (unpaired) electrons. The van der Waals surface area contributed by atoms with Gasteiger partial charge in [0.15, 0.2) is 0 Å². The van der Waals surface area contributed by atoms with E-state index in [1.165, 1.54) is 16.5 Å². The van der Waals surface area contributed by atoms with Crippen LogP contribution in [0.25, 0.3) is 10.9 Å². The molecule has 0 unspecified atom stereocenters. The molecule has 0 bridgehead atoms. The van der Waals surface area contributed by atoms with Gasteiger partial charge in [-0.2, -0.15) is 0 Å². The summed E-state index contributed by atoms with van der Waals surface area (Å²) < 4.78 is 1.12. The van der Waals surface area contributed by atoms with E-state index in [9.17, 15) is 0 Å². The normalized spacial score (nSPS) is 11.9. The lowest BCUT2D eigenvalue weighted by molar-refractivity contribution is 0.591. The summed E-state index contributed by atoms with van der Waals surface area (Å²) >= 11 is 3.59. The van der Waals surface area contributed by atoms with Crippen LogP contribution in [-0.4, -0.2) is 12.0 Å². The van der Waals surface area contributed by atoms with Gasteiger partial charge in [0.25, 0.3) is 0 Å². The first-order chi connectivity index (χ1) is 8.86. The molecular formula is C16H21BrN2. The van der Waals surface area contributed by atoms with Crippen molar-refractivity contribution in [3.8, 4) is 0 Å². The molecule has 2 aromatic rings. The second-order valence-electron chi connectivity index (χ2n) is 5.87. The van der Waals surface area contributed by atoms with Crippen LogP contribution in [0, 0.1) is 0 Å². The molecule has 0 atom stereocenters. The molecule has 0 aliphatic carbocycles. The Labute approximate surface area is 123 Å². The van der Waals surface area contributed by atoms with E-state index in [-0.39, 0.29) is 5.41 Å². The average Bonchev–Trinajstić information content (AvgIpc) is 2.35. The Hall–Kier alpha value is -1.09. The standard InChI is InChI=1S/C16H21BrN2/c1-6-10-7-12(17)8-11-9-13(16(2,3)4)15(18-5)19-14(10)11/h7-9H,6H2,1-5H3,(H,18,19). The van der Waals surface area contributed by atoms with Gasteiger partial charge in [0.05, 0.1) is 5.52 Å². The van der Waals surface area contributed by atoms with Crippen LogP contribution in [0.2, 0.25) is 0 Å². The number of nitrogens with zero attached hydrogens (tertiary/aromatic N) is 1. The third kappa shape index (κ3) is 2.76. The molecule has 0 fully saturated rings. The molecule has 2 nitrogen and oxygen atoms in total. The van der Waals surface area contributed by atoms with Crippen molar-refractivity contribution in [2.45, 2.75) is 39.5 Å². The average molecular weight is 321 g/mol. The van der Waals surface area contributed by atoms with Crippen molar-refractivity contribution in [1.82, 2.24) is 4.98 Å². The molecule has 3 heteroatoms. The Morgan fingerprint density at radius 2 is 1.89 bits per heavy atom. The molecule has 2 rings (SSSR count). The first-order valence-corrected chi connectivity index (χ1v) is 7.47. The van der Waals surface area contributed by atoms with Crippen LogP contribution in [-0.2, 0) is 11.8 Å². The van der Waals surface area contributed by atoms with Crippen molar-refractivity contribution in [2.24, 2.45) is 0 Å². The van der Waals surface area contributed by atoms with Crippen LogP contribution < -0.4 is 5.32 Å². The van der Waals surface area contributed by atoms with Gasteiger partial charge in [-0.05, 0) is 35.6 Å². The number of aryl methyl sites for hydroxylation is 1. The zero-order chi connectivity index (χ0) is 14.2. The summed E-state index contributed by atoms with van der Waals surface area (Å²) in [5.74, 6) is 0.983. The summed E-state index contributed by atoms with van der Waals surface area (Å²) in [6.07, 6.45) is 0.987. The van der Waals surface area contributed by atoms with Crippen molar-refractivity contribution >= 4 is 32.7 Å². The molecule has 0 amide bonds. The van der Waals surface area contributed by atoms with Gasteiger partial charge in [-0.3, -0.25) is 0 Å². The minimum atomic E-state index is 0.0776. The summed E-state index contributed by atoms with van der Waals surface area (Å²) in [5.41, 5.74) is 3.71. The quantitative estimate of drug-likeness (QED) is 0.851. The summed E-state index contributed by atoms with van der Waals surface area (Å²) in [6, 6.07) is 6.57. The van der Waals surface area contributed by atoms with Gasteiger partial charge in [-0.25, -0.2) is 4.98 Å². The topological polar surface area (TPSA) is 24.9 Å². The Morgan fingerprint density at radius 1 is 1.21 bits per heavy atom. The van der Waals surface area contributed by atoms with Gasteiger partial charge in [-0.1, -0.05) is 43.6 Å². The molecule has 0 spiro atoms. The second kappa shape index (κ2) is 5.12. The number of fused-ring (bicyclic) bond motifs is 1. The van der Waals surface area contributed by atoms with Crippen LogP contribution in [0.4, 0.5) is 5.82 Å². The lowest BCUT2D eigenvalue weighted by Gasteiger charge is -2.23. The second-order valence-corrected chi connectivity index (χ2v) is 6.79. The van der Waals surface area contributed by atoms with Crippen LogP contribution in [0.1, 0.15) is 38.8 Å². The largest absolute Gasteiger partial charge is 0.373 e.